The van der Waals surface area contributed by atoms with E-state index in [1.165, 1.54) is 10.6 Å². The Morgan fingerprint density at radius 2 is 1.94 bits per heavy atom. The van der Waals surface area contributed by atoms with Crippen LogP contribution in [0.2, 0.25) is 0 Å². The predicted molar refractivity (Wildman–Crippen MR) is 67.0 cm³/mol. The summed E-state index contributed by atoms with van der Waals surface area (Å²) in [6.07, 6.45) is 1.72. The maximum atomic E-state index is 11.4. The smallest absolute Gasteiger partial charge is 0.317 e. The van der Waals surface area contributed by atoms with Gasteiger partial charge in [0.25, 0.3) is 0 Å². The van der Waals surface area contributed by atoms with Crippen molar-refractivity contribution >= 4 is 10.0 Å². The van der Waals surface area contributed by atoms with Crippen molar-refractivity contribution < 1.29 is 13.2 Å². The van der Waals surface area contributed by atoms with Crippen molar-refractivity contribution in [3.05, 3.63) is 17.5 Å². The van der Waals surface area contributed by atoms with Crippen molar-refractivity contribution in [1.82, 2.24) is 14.3 Å². The second-order valence-electron chi connectivity index (χ2n) is 4.58. The Labute approximate surface area is 107 Å². The number of rotatable bonds is 3. The number of hydrogen-bond donors (Lipinski definition) is 0. The molecule has 18 heavy (non-hydrogen) atoms. The average Bonchev–Trinajstić information content (AvgIpc) is 2.63. The van der Waals surface area contributed by atoms with E-state index >= 15 is 0 Å². The molecule has 0 amide bonds. The third kappa shape index (κ3) is 3.17. The van der Waals surface area contributed by atoms with Crippen LogP contribution in [0.15, 0.2) is 6.07 Å². The molecule has 1 aromatic heterocycles. The molecule has 1 fully saturated rings. The maximum absolute atomic E-state index is 11.4. The number of aromatic nitrogens is 2. The predicted octanol–water partition coefficient (Wildman–Crippen LogP) is 0.506. The Hall–Kier alpha value is -1.21. The number of ether oxygens (including phenoxy) is 1. The van der Waals surface area contributed by atoms with Crippen molar-refractivity contribution in [3.63, 3.8) is 0 Å². The maximum Gasteiger partial charge on any atom is 0.317 e. The number of hydrogen-bond acceptors (Lipinski definition) is 5. The molecule has 0 aromatic carbocycles. The fraction of sp³-hybridized carbons (Fsp3) is 0.636. The van der Waals surface area contributed by atoms with E-state index in [9.17, 15) is 8.42 Å². The quantitative estimate of drug-likeness (QED) is 0.800. The summed E-state index contributed by atoms with van der Waals surface area (Å²) >= 11 is 0. The average molecular weight is 271 g/mol. The van der Waals surface area contributed by atoms with Crippen LogP contribution in [-0.2, 0) is 10.0 Å². The molecule has 0 aliphatic carbocycles. The lowest BCUT2D eigenvalue weighted by Crippen LogP contribution is -2.30. The van der Waals surface area contributed by atoms with E-state index < -0.39 is 10.0 Å². The van der Waals surface area contributed by atoms with Gasteiger partial charge in [-0.2, -0.15) is 4.31 Å². The molecule has 0 N–H and O–H groups in total. The molecule has 7 heteroatoms. The van der Waals surface area contributed by atoms with Gasteiger partial charge >= 0.3 is 6.01 Å². The monoisotopic (exact) mass is 271 g/mol. The first-order valence-corrected chi connectivity index (χ1v) is 7.63. The standard InChI is InChI=1S/C11H17N3O3S/c1-8-6-9(2)13-11(12-8)17-10-4-5-14(7-10)18(3,15)16/h6,10H,4-5,7H2,1-3H3/t10-/m0/s1. The van der Waals surface area contributed by atoms with Crippen molar-refractivity contribution in [2.45, 2.75) is 26.4 Å². The Bertz CT molecular complexity index is 524. The van der Waals surface area contributed by atoms with Crippen LogP contribution in [0.5, 0.6) is 6.01 Å². The van der Waals surface area contributed by atoms with Gasteiger partial charge in [-0.05, 0) is 26.3 Å². The van der Waals surface area contributed by atoms with Crippen LogP contribution in [0.4, 0.5) is 0 Å². The minimum Gasteiger partial charge on any atom is -0.459 e. The number of sulfonamides is 1. The Kier molecular flexibility index (Phi) is 3.54. The molecular weight excluding hydrogens is 254 g/mol. The van der Waals surface area contributed by atoms with Crippen LogP contribution in [0.1, 0.15) is 17.8 Å². The van der Waals surface area contributed by atoms with E-state index in [4.69, 9.17) is 4.74 Å². The highest BCUT2D eigenvalue weighted by Crippen LogP contribution is 2.17. The lowest BCUT2D eigenvalue weighted by atomic mass is 10.3. The van der Waals surface area contributed by atoms with Crippen LogP contribution >= 0.6 is 0 Å². The first-order valence-electron chi connectivity index (χ1n) is 5.78. The Morgan fingerprint density at radius 1 is 1.33 bits per heavy atom. The molecule has 1 atom stereocenters. The van der Waals surface area contributed by atoms with E-state index in [2.05, 4.69) is 9.97 Å². The fourth-order valence-electron chi connectivity index (χ4n) is 1.99. The molecule has 0 spiro atoms. The second kappa shape index (κ2) is 4.81. The van der Waals surface area contributed by atoms with Gasteiger partial charge in [-0.25, -0.2) is 18.4 Å². The summed E-state index contributed by atoms with van der Waals surface area (Å²) < 4.78 is 29.8. The van der Waals surface area contributed by atoms with Crippen molar-refractivity contribution in [2.75, 3.05) is 19.3 Å². The molecule has 6 nitrogen and oxygen atoms in total. The normalized spacial score (nSPS) is 21.2. The summed E-state index contributed by atoms with van der Waals surface area (Å²) in [4.78, 5) is 8.37. The SMILES string of the molecule is Cc1cc(C)nc(O[C@H]2CCN(S(C)(=O)=O)C2)n1. The Balaban J connectivity index is 2.03. The van der Waals surface area contributed by atoms with E-state index in [-0.39, 0.29) is 6.10 Å². The van der Waals surface area contributed by atoms with Gasteiger partial charge in [0.2, 0.25) is 10.0 Å². The van der Waals surface area contributed by atoms with E-state index in [1.807, 2.05) is 19.9 Å². The molecule has 0 bridgehead atoms. The van der Waals surface area contributed by atoms with Gasteiger partial charge in [0.05, 0.1) is 12.8 Å². The van der Waals surface area contributed by atoms with Crippen molar-refractivity contribution in [3.8, 4) is 6.01 Å². The summed E-state index contributed by atoms with van der Waals surface area (Å²) in [7, 11) is -3.13. The summed E-state index contributed by atoms with van der Waals surface area (Å²) in [5.41, 5.74) is 1.69. The molecule has 0 saturated carbocycles. The summed E-state index contributed by atoms with van der Waals surface area (Å²) in [5, 5.41) is 0. The second-order valence-corrected chi connectivity index (χ2v) is 6.57. The van der Waals surface area contributed by atoms with E-state index in [1.54, 1.807) is 0 Å². The van der Waals surface area contributed by atoms with Crippen LogP contribution < -0.4 is 4.74 Å². The highest BCUT2D eigenvalue weighted by atomic mass is 32.2. The van der Waals surface area contributed by atoms with Crippen molar-refractivity contribution in [2.24, 2.45) is 0 Å². The zero-order valence-electron chi connectivity index (χ0n) is 10.8. The molecule has 0 radical (unpaired) electrons. The number of nitrogens with zero attached hydrogens (tertiary/aromatic N) is 3. The summed E-state index contributed by atoms with van der Waals surface area (Å²) in [6, 6.07) is 2.19. The lowest BCUT2D eigenvalue weighted by Gasteiger charge is -2.14. The first kappa shape index (κ1) is 13.2. The lowest BCUT2D eigenvalue weighted by molar-refractivity contribution is 0.197. The van der Waals surface area contributed by atoms with Gasteiger partial charge in [0, 0.05) is 17.9 Å². The Morgan fingerprint density at radius 3 is 2.44 bits per heavy atom. The van der Waals surface area contributed by atoms with E-state index in [0.29, 0.717) is 25.5 Å². The molecule has 1 aromatic rings. The van der Waals surface area contributed by atoms with Crippen molar-refractivity contribution in [1.29, 1.82) is 0 Å². The van der Waals surface area contributed by atoms with Crippen LogP contribution in [-0.4, -0.2) is 48.1 Å². The molecule has 0 unspecified atom stereocenters. The number of aryl methyl sites for hydroxylation is 2. The third-order valence-electron chi connectivity index (χ3n) is 2.81. The van der Waals surface area contributed by atoms with E-state index in [0.717, 1.165) is 11.4 Å². The van der Waals surface area contributed by atoms with Gasteiger partial charge in [0.15, 0.2) is 0 Å². The molecule has 1 saturated heterocycles. The molecule has 1 aliphatic heterocycles. The first-order chi connectivity index (χ1) is 8.34. The summed E-state index contributed by atoms with van der Waals surface area (Å²) in [6.45, 7) is 4.61. The topological polar surface area (TPSA) is 72.4 Å². The third-order valence-corrected chi connectivity index (χ3v) is 4.08. The molecule has 2 rings (SSSR count). The largest absolute Gasteiger partial charge is 0.459 e. The molecule has 2 heterocycles. The minimum absolute atomic E-state index is 0.166. The highest BCUT2D eigenvalue weighted by molar-refractivity contribution is 7.88. The van der Waals surface area contributed by atoms with Crippen LogP contribution in [0, 0.1) is 13.8 Å². The fourth-order valence-corrected chi connectivity index (χ4v) is 2.86. The molecule has 100 valence electrons. The van der Waals surface area contributed by atoms with Crippen LogP contribution in [0.25, 0.3) is 0 Å². The van der Waals surface area contributed by atoms with Gasteiger partial charge in [-0.15, -0.1) is 0 Å². The van der Waals surface area contributed by atoms with Gasteiger partial charge < -0.3 is 4.74 Å². The zero-order chi connectivity index (χ0) is 13.3. The van der Waals surface area contributed by atoms with Gasteiger partial charge in [-0.1, -0.05) is 0 Å². The van der Waals surface area contributed by atoms with Gasteiger partial charge in [-0.3, -0.25) is 0 Å². The highest BCUT2D eigenvalue weighted by Gasteiger charge is 2.30. The zero-order valence-corrected chi connectivity index (χ0v) is 11.6. The van der Waals surface area contributed by atoms with Crippen LogP contribution in [0.3, 0.4) is 0 Å². The summed E-state index contributed by atoms with van der Waals surface area (Å²) in [5.74, 6) is 0. The molecular formula is C11H17N3O3S. The van der Waals surface area contributed by atoms with Gasteiger partial charge in [0.1, 0.15) is 6.10 Å². The molecule has 1 aliphatic rings. The minimum atomic E-state index is -3.13.